The van der Waals surface area contributed by atoms with Gasteiger partial charge in [-0.2, -0.15) is 0 Å². The first-order valence-electron chi connectivity index (χ1n) is 9.30. The molecule has 1 amide bonds. The maximum absolute atomic E-state index is 14.4. The molecule has 146 valence electrons. The van der Waals surface area contributed by atoms with Crippen LogP contribution < -0.4 is 5.73 Å². The van der Waals surface area contributed by atoms with Gasteiger partial charge in [-0.1, -0.05) is 0 Å². The molecule has 0 aromatic carbocycles. The molecule has 0 radical (unpaired) electrons. The summed E-state index contributed by atoms with van der Waals surface area (Å²) in [5.74, 6) is -3.66. The van der Waals surface area contributed by atoms with Crippen LogP contribution >= 0.6 is 0 Å². The lowest BCUT2D eigenvalue weighted by Gasteiger charge is -2.39. The second-order valence-corrected chi connectivity index (χ2v) is 8.34. The number of piperidine rings is 1. The molecule has 2 rings (SSSR count). The van der Waals surface area contributed by atoms with E-state index in [4.69, 9.17) is 15.2 Å². The summed E-state index contributed by atoms with van der Waals surface area (Å²) >= 11 is 0. The summed E-state index contributed by atoms with van der Waals surface area (Å²) in [5, 5.41) is 0. The van der Waals surface area contributed by atoms with Gasteiger partial charge in [0.2, 0.25) is 0 Å². The number of ether oxygens (including phenoxy) is 2. The minimum Gasteiger partial charge on any atom is -0.444 e. The molecule has 0 bridgehead atoms. The highest BCUT2D eigenvalue weighted by Gasteiger charge is 2.46. The van der Waals surface area contributed by atoms with E-state index in [0.717, 1.165) is 30.6 Å². The van der Waals surface area contributed by atoms with E-state index in [1.165, 1.54) is 0 Å². The predicted molar refractivity (Wildman–Crippen MR) is 91.7 cm³/mol. The third-order valence-corrected chi connectivity index (χ3v) is 4.94. The molecule has 1 aliphatic heterocycles. The lowest BCUT2D eigenvalue weighted by Crippen LogP contribution is -2.52. The topological polar surface area (TPSA) is 64.8 Å². The average molecular weight is 362 g/mol. The van der Waals surface area contributed by atoms with Crippen LogP contribution in [0.15, 0.2) is 0 Å². The van der Waals surface area contributed by atoms with E-state index < -0.39 is 30.1 Å². The summed E-state index contributed by atoms with van der Waals surface area (Å²) in [6, 6.07) is 0.251. The number of carbonyl (C=O) groups excluding carboxylic acids is 1. The van der Waals surface area contributed by atoms with E-state index in [1.807, 2.05) is 0 Å². The van der Waals surface area contributed by atoms with Gasteiger partial charge in [-0.15, -0.1) is 0 Å². The lowest BCUT2D eigenvalue weighted by atomic mass is 9.90. The van der Waals surface area contributed by atoms with Crippen molar-refractivity contribution in [1.29, 1.82) is 0 Å². The van der Waals surface area contributed by atoms with Crippen molar-refractivity contribution in [3.8, 4) is 0 Å². The van der Waals surface area contributed by atoms with Crippen molar-refractivity contribution in [3.05, 3.63) is 0 Å². The summed E-state index contributed by atoms with van der Waals surface area (Å²) in [5.41, 5.74) is 5.18. The first-order chi connectivity index (χ1) is 11.6. The van der Waals surface area contributed by atoms with Gasteiger partial charge >= 0.3 is 6.09 Å². The number of hydrogen-bond acceptors (Lipinski definition) is 4. The predicted octanol–water partition coefficient (Wildman–Crippen LogP) is 3.56. The molecule has 2 N–H and O–H groups in total. The fourth-order valence-electron chi connectivity index (χ4n) is 3.46. The van der Waals surface area contributed by atoms with Gasteiger partial charge in [0.1, 0.15) is 5.60 Å². The first kappa shape index (κ1) is 20.4. The zero-order valence-electron chi connectivity index (χ0n) is 15.6. The highest BCUT2D eigenvalue weighted by molar-refractivity contribution is 5.68. The van der Waals surface area contributed by atoms with Crippen LogP contribution in [0.3, 0.4) is 0 Å². The Morgan fingerprint density at radius 2 is 1.84 bits per heavy atom. The van der Waals surface area contributed by atoms with Crippen LogP contribution in [-0.2, 0) is 9.47 Å². The molecular weight excluding hydrogens is 330 g/mol. The van der Waals surface area contributed by atoms with E-state index in [9.17, 15) is 13.6 Å². The molecule has 0 aromatic heterocycles. The Morgan fingerprint density at radius 1 is 1.20 bits per heavy atom. The molecule has 1 saturated heterocycles. The van der Waals surface area contributed by atoms with Crippen LogP contribution in [0.4, 0.5) is 13.6 Å². The Hall–Kier alpha value is -0.950. The molecule has 0 aromatic rings. The molecule has 25 heavy (non-hydrogen) atoms. The van der Waals surface area contributed by atoms with Gasteiger partial charge in [0.15, 0.2) is 0 Å². The Labute approximate surface area is 149 Å². The summed E-state index contributed by atoms with van der Waals surface area (Å²) in [6.07, 6.45) is 3.77. The highest BCUT2D eigenvalue weighted by atomic mass is 19.3. The molecule has 2 fully saturated rings. The van der Waals surface area contributed by atoms with E-state index in [-0.39, 0.29) is 18.6 Å². The van der Waals surface area contributed by atoms with Crippen LogP contribution in [0.1, 0.15) is 59.3 Å². The number of alkyl halides is 2. The van der Waals surface area contributed by atoms with Gasteiger partial charge in [-0.25, -0.2) is 13.6 Å². The molecule has 1 saturated carbocycles. The normalized spacial score (nSPS) is 30.2. The Morgan fingerprint density at radius 3 is 2.40 bits per heavy atom. The Bertz CT molecular complexity index is 446. The average Bonchev–Trinajstić information content (AvgIpc) is 2.48. The number of likely N-dealkylation sites (tertiary alicyclic amines) is 1. The van der Waals surface area contributed by atoms with Gasteiger partial charge < -0.3 is 20.1 Å². The standard InChI is InChI=1S/C18H32F2N2O3/c1-17(2,3)25-16(23)22-10-8-13(18(19,20)12-22)9-11-24-15-6-4-14(21)5-7-15/h13-15H,4-12,21H2,1-3H3/t13?,14-,15-. The number of hydrogen-bond donors (Lipinski definition) is 1. The molecule has 1 heterocycles. The van der Waals surface area contributed by atoms with Crippen molar-refractivity contribution in [2.45, 2.75) is 83.0 Å². The molecule has 7 heteroatoms. The van der Waals surface area contributed by atoms with E-state index in [1.54, 1.807) is 20.8 Å². The van der Waals surface area contributed by atoms with Gasteiger partial charge in [0.05, 0.1) is 12.6 Å². The number of carbonyl (C=O) groups is 1. The van der Waals surface area contributed by atoms with E-state index >= 15 is 0 Å². The smallest absolute Gasteiger partial charge is 0.410 e. The van der Waals surface area contributed by atoms with Crippen LogP contribution in [0.25, 0.3) is 0 Å². The van der Waals surface area contributed by atoms with Crippen LogP contribution in [0.2, 0.25) is 0 Å². The molecule has 5 nitrogen and oxygen atoms in total. The molecule has 0 spiro atoms. The second-order valence-electron chi connectivity index (χ2n) is 8.34. The second kappa shape index (κ2) is 8.16. The zero-order valence-corrected chi connectivity index (χ0v) is 15.6. The minimum absolute atomic E-state index is 0.148. The molecule has 1 unspecified atom stereocenters. The summed E-state index contributed by atoms with van der Waals surface area (Å²) in [4.78, 5) is 13.1. The SMILES string of the molecule is CC(C)(C)OC(=O)N1CCC(CCO[C@H]2CC[C@H](N)CC2)C(F)(F)C1. The van der Waals surface area contributed by atoms with Crippen molar-refractivity contribution in [3.63, 3.8) is 0 Å². The van der Waals surface area contributed by atoms with Crippen LogP contribution in [0, 0.1) is 5.92 Å². The quantitative estimate of drug-likeness (QED) is 0.830. The summed E-state index contributed by atoms with van der Waals surface area (Å²) in [7, 11) is 0. The van der Waals surface area contributed by atoms with Crippen molar-refractivity contribution in [2.24, 2.45) is 11.7 Å². The number of nitrogens with two attached hydrogens (primary N) is 1. The molecule has 2 aliphatic rings. The number of halogens is 2. The van der Waals surface area contributed by atoms with Gasteiger partial charge in [0.25, 0.3) is 5.92 Å². The van der Waals surface area contributed by atoms with Gasteiger partial charge in [-0.05, 0) is 59.3 Å². The fourth-order valence-corrected chi connectivity index (χ4v) is 3.46. The Kier molecular flexibility index (Phi) is 6.65. The third-order valence-electron chi connectivity index (χ3n) is 4.94. The zero-order chi connectivity index (χ0) is 18.7. The van der Waals surface area contributed by atoms with Crippen LogP contribution in [-0.4, -0.2) is 54.4 Å². The Balaban J connectivity index is 1.75. The minimum atomic E-state index is -2.91. The molecule has 1 atom stereocenters. The van der Waals surface area contributed by atoms with E-state index in [0.29, 0.717) is 19.6 Å². The largest absolute Gasteiger partial charge is 0.444 e. The van der Waals surface area contributed by atoms with Crippen molar-refractivity contribution < 1.29 is 23.0 Å². The van der Waals surface area contributed by atoms with Gasteiger partial charge in [-0.3, -0.25) is 0 Å². The number of rotatable bonds is 4. The monoisotopic (exact) mass is 362 g/mol. The fraction of sp³-hybridized carbons (Fsp3) is 0.944. The summed E-state index contributed by atoms with van der Waals surface area (Å²) < 4.78 is 39.8. The van der Waals surface area contributed by atoms with Crippen LogP contribution in [0.5, 0.6) is 0 Å². The molecular formula is C18H32F2N2O3. The maximum atomic E-state index is 14.4. The number of amides is 1. The number of nitrogens with zero attached hydrogens (tertiary/aromatic N) is 1. The lowest BCUT2D eigenvalue weighted by molar-refractivity contribution is -0.119. The third kappa shape index (κ3) is 6.37. The highest BCUT2D eigenvalue weighted by Crippen LogP contribution is 2.36. The van der Waals surface area contributed by atoms with Crippen molar-refractivity contribution in [1.82, 2.24) is 4.90 Å². The molecule has 1 aliphatic carbocycles. The van der Waals surface area contributed by atoms with Gasteiger partial charge in [0, 0.05) is 25.1 Å². The van der Waals surface area contributed by atoms with Crippen molar-refractivity contribution >= 4 is 6.09 Å². The maximum Gasteiger partial charge on any atom is 0.410 e. The summed E-state index contributed by atoms with van der Waals surface area (Å²) in [6.45, 7) is 5.24. The first-order valence-corrected chi connectivity index (χ1v) is 9.30. The van der Waals surface area contributed by atoms with Crippen molar-refractivity contribution in [2.75, 3.05) is 19.7 Å². The van der Waals surface area contributed by atoms with E-state index in [2.05, 4.69) is 0 Å².